The maximum absolute atomic E-state index is 4.82. The van der Waals surface area contributed by atoms with Crippen LogP contribution in [0.1, 0.15) is 16.8 Å². The number of halogens is 1. The second-order valence-corrected chi connectivity index (χ2v) is 7.29. The van der Waals surface area contributed by atoms with Crippen LogP contribution in [-0.4, -0.2) is 14.8 Å². The van der Waals surface area contributed by atoms with Crippen molar-refractivity contribution in [2.75, 3.05) is 0 Å². The molecular weight excluding hydrogens is 374 g/mol. The molecule has 0 amide bonds. The van der Waals surface area contributed by atoms with Gasteiger partial charge in [-0.1, -0.05) is 34.1 Å². The molecule has 25 heavy (non-hydrogen) atoms. The van der Waals surface area contributed by atoms with Crippen LogP contribution in [0.5, 0.6) is 0 Å². The molecule has 0 aliphatic carbocycles. The number of fused-ring (bicyclic) bond motifs is 1. The standard InChI is InChI=1S/C21H18BrN3/c1-13-4-5-14(2)21(10-13)25-15(3)18(12-23-25)20-8-6-16-11-17(22)7-9-19(16)24-20/h4-12H,1-3H3. The molecule has 0 saturated heterocycles. The van der Waals surface area contributed by atoms with Gasteiger partial charge in [-0.05, 0) is 62.2 Å². The summed E-state index contributed by atoms with van der Waals surface area (Å²) >= 11 is 3.51. The largest absolute Gasteiger partial charge is 0.248 e. The van der Waals surface area contributed by atoms with Crippen LogP contribution in [-0.2, 0) is 0 Å². The molecule has 2 heterocycles. The molecule has 124 valence electrons. The van der Waals surface area contributed by atoms with Crippen molar-refractivity contribution < 1.29 is 0 Å². The molecule has 2 aromatic carbocycles. The molecule has 0 bridgehead atoms. The molecule has 0 N–H and O–H groups in total. The third-order valence-corrected chi connectivity index (χ3v) is 5.02. The van der Waals surface area contributed by atoms with E-state index in [1.54, 1.807) is 0 Å². The quantitative estimate of drug-likeness (QED) is 0.433. The van der Waals surface area contributed by atoms with E-state index in [1.165, 1.54) is 11.1 Å². The fraction of sp³-hybridized carbons (Fsp3) is 0.143. The van der Waals surface area contributed by atoms with E-state index in [1.807, 2.05) is 23.0 Å². The Hall–Kier alpha value is -2.46. The van der Waals surface area contributed by atoms with Crippen molar-refractivity contribution in [1.82, 2.24) is 14.8 Å². The molecule has 0 aliphatic rings. The zero-order valence-electron chi connectivity index (χ0n) is 14.4. The minimum absolute atomic E-state index is 0.948. The molecule has 2 aromatic heterocycles. The third-order valence-electron chi connectivity index (χ3n) is 4.53. The molecule has 0 saturated carbocycles. The Morgan fingerprint density at radius 2 is 1.76 bits per heavy atom. The van der Waals surface area contributed by atoms with Gasteiger partial charge in [-0.3, -0.25) is 0 Å². The molecule has 0 radical (unpaired) electrons. The second-order valence-electron chi connectivity index (χ2n) is 6.38. The van der Waals surface area contributed by atoms with Crippen LogP contribution < -0.4 is 0 Å². The lowest BCUT2D eigenvalue weighted by Gasteiger charge is -2.10. The Morgan fingerprint density at radius 1 is 0.920 bits per heavy atom. The topological polar surface area (TPSA) is 30.7 Å². The summed E-state index contributed by atoms with van der Waals surface area (Å²) in [6, 6.07) is 16.7. The predicted octanol–water partition coefficient (Wildman–Crippen LogP) is 5.78. The van der Waals surface area contributed by atoms with Gasteiger partial charge in [-0.25, -0.2) is 9.67 Å². The summed E-state index contributed by atoms with van der Waals surface area (Å²) in [6.45, 7) is 6.31. The zero-order valence-corrected chi connectivity index (χ0v) is 16.0. The van der Waals surface area contributed by atoms with Crippen molar-refractivity contribution in [3.05, 3.63) is 76.0 Å². The van der Waals surface area contributed by atoms with Gasteiger partial charge in [-0.15, -0.1) is 0 Å². The smallest absolute Gasteiger partial charge is 0.0744 e. The Balaban J connectivity index is 1.84. The molecule has 0 spiro atoms. The molecule has 4 aromatic rings. The fourth-order valence-corrected chi connectivity index (χ4v) is 3.48. The van der Waals surface area contributed by atoms with Crippen LogP contribution in [0.15, 0.2) is 59.2 Å². The van der Waals surface area contributed by atoms with Crippen molar-refractivity contribution >= 4 is 26.8 Å². The van der Waals surface area contributed by atoms with E-state index < -0.39 is 0 Å². The average molecular weight is 392 g/mol. The highest BCUT2D eigenvalue weighted by Gasteiger charge is 2.13. The van der Waals surface area contributed by atoms with Gasteiger partial charge >= 0.3 is 0 Å². The van der Waals surface area contributed by atoms with Crippen LogP contribution in [0.4, 0.5) is 0 Å². The molecule has 4 heteroatoms. The lowest BCUT2D eigenvalue weighted by molar-refractivity contribution is 0.839. The lowest BCUT2D eigenvalue weighted by atomic mass is 10.1. The number of nitrogens with zero attached hydrogens (tertiary/aromatic N) is 3. The van der Waals surface area contributed by atoms with Crippen molar-refractivity contribution in [1.29, 1.82) is 0 Å². The Labute approximate surface area is 155 Å². The van der Waals surface area contributed by atoms with Gasteiger partial charge in [0.25, 0.3) is 0 Å². The molecule has 0 fully saturated rings. The van der Waals surface area contributed by atoms with Crippen molar-refractivity contribution in [2.24, 2.45) is 0 Å². The van der Waals surface area contributed by atoms with Gasteiger partial charge in [-0.2, -0.15) is 5.10 Å². The number of pyridine rings is 1. The van der Waals surface area contributed by atoms with E-state index in [-0.39, 0.29) is 0 Å². The number of hydrogen-bond donors (Lipinski definition) is 0. The molecule has 0 aliphatic heterocycles. The van der Waals surface area contributed by atoms with Crippen molar-refractivity contribution in [3.63, 3.8) is 0 Å². The highest BCUT2D eigenvalue weighted by Crippen LogP contribution is 2.27. The predicted molar refractivity (Wildman–Crippen MR) is 106 cm³/mol. The van der Waals surface area contributed by atoms with Crippen LogP contribution in [0, 0.1) is 20.8 Å². The molecule has 0 atom stereocenters. The Kier molecular flexibility index (Phi) is 3.92. The second kappa shape index (κ2) is 6.12. The maximum atomic E-state index is 4.82. The van der Waals surface area contributed by atoms with E-state index in [2.05, 4.69) is 78.2 Å². The molecule has 3 nitrogen and oxygen atoms in total. The number of aryl methyl sites for hydroxylation is 2. The van der Waals surface area contributed by atoms with Crippen molar-refractivity contribution in [3.8, 4) is 16.9 Å². The normalized spacial score (nSPS) is 11.2. The van der Waals surface area contributed by atoms with Crippen molar-refractivity contribution in [2.45, 2.75) is 20.8 Å². The first-order valence-electron chi connectivity index (χ1n) is 8.22. The summed E-state index contributed by atoms with van der Waals surface area (Å²) in [6.07, 6.45) is 1.91. The van der Waals surface area contributed by atoms with Crippen LogP contribution in [0.2, 0.25) is 0 Å². The molecule has 0 unspecified atom stereocenters. The summed E-state index contributed by atoms with van der Waals surface area (Å²) < 4.78 is 3.07. The van der Waals surface area contributed by atoms with E-state index >= 15 is 0 Å². The minimum atomic E-state index is 0.948. The first kappa shape index (κ1) is 16.0. The number of hydrogen-bond acceptors (Lipinski definition) is 2. The monoisotopic (exact) mass is 391 g/mol. The van der Waals surface area contributed by atoms with Gasteiger partial charge in [0.2, 0.25) is 0 Å². The van der Waals surface area contributed by atoms with E-state index in [0.29, 0.717) is 0 Å². The number of aromatic nitrogens is 3. The Bertz CT molecular complexity index is 1100. The van der Waals surface area contributed by atoms with Gasteiger partial charge in [0.05, 0.1) is 28.8 Å². The highest BCUT2D eigenvalue weighted by atomic mass is 79.9. The fourth-order valence-electron chi connectivity index (χ4n) is 3.10. The Morgan fingerprint density at radius 3 is 2.60 bits per heavy atom. The third kappa shape index (κ3) is 2.87. The van der Waals surface area contributed by atoms with E-state index in [9.17, 15) is 0 Å². The summed E-state index contributed by atoms with van der Waals surface area (Å²) in [5.74, 6) is 0. The summed E-state index contributed by atoms with van der Waals surface area (Å²) in [4.78, 5) is 4.82. The van der Waals surface area contributed by atoms with Crippen LogP contribution >= 0.6 is 15.9 Å². The van der Waals surface area contributed by atoms with Gasteiger partial charge in [0.15, 0.2) is 0 Å². The van der Waals surface area contributed by atoms with Crippen LogP contribution in [0.25, 0.3) is 27.8 Å². The highest BCUT2D eigenvalue weighted by molar-refractivity contribution is 9.10. The minimum Gasteiger partial charge on any atom is -0.248 e. The maximum Gasteiger partial charge on any atom is 0.0744 e. The number of benzene rings is 2. The van der Waals surface area contributed by atoms with E-state index in [0.717, 1.165) is 38.0 Å². The van der Waals surface area contributed by atoms with Gasteiger partial charge < -0.3 is 0 Å². The first-order valence-corrected chi connectivity index (χ1v) is 9.01. The SMILES string of the molecule is Cc1ccc(C)c(-n2ncc(-c3ccc4cc(Br)ccc4n3)c2C)c1. The molecule has 4 rings (SSSR count). The number of rotatable bonds is 2. The van der Waals surface area contributed by atoms with Gasteiger partial charge in [0, 0.05) is 15.4 Å². The van der Waals surface area contributed by atoms with Gasteiger partial charge in [0.1, 0.15) is 0 Å². The average Bonchev–Trinajstić information content (AvgIpc) is 2.98. The lowest BCUT2D eigenvalue weighted by Crippen LogP contribution is -2.02. The van der Waals surface area contributed by atoms with Crippen LogP contribution in [0.3, 0.4) is 0 Å². The summed E-state index contributed by atoms with van der Waals surface area (Å²) in [7, 11) is 0. The van der Waals surface area contributed by atoms with E-state index in [4.69, 9.17) is 4.98 Å². The molecular formula is C21H18BrN3. The summed E-state index contributed by atoms with van der Waals surface area (Å²) in [5, 5.41) is 5.75. The zero-order chi connectivity index (χ0) is 17.6. The first-order chi connectivity index (χ1) is 12.0. The summed E-state index contributed by atoms with van der Waals surface area (Å²) in [5.41, 5.74) is 7.64.